The van der Waals surface area contributed by atoms with Gasteiger partial charge in [-0.1, -0.05) is 27.7 Å². The number of carbonyl (C=O) groups excluding carboxylic acids is 2. The van der Waals surface area contributed by atoms with Crippen LogP contribution in [0.1, 0.15) is 13.3 Å². The van der Waals surface area contributed by atoms with E-state index < -0.39 is 16.4 Å². The molecule has 1 amide bonds. The first kappa shape index (κ1) is 16.9. The van der Waals surface area contributed by atoms with Gasteiger partial charge in [0.05, 0.1) is 4.92 Å². The Morgan fingerprint density at radius 3 is 2.86 bits per heavy atom. The Balaban J connectivity index is 2.30. The summed E-state index contributed by atoms with van der Waals surface area (Å²) in [6.07, 6.45) is 0.146. The van der Waals surface area contributed by atoms with Gasteiger partial charge >= 0.3 is 0 Å². The first-order valence-corrected chi connectivity index (χ1v) is 8.14. The van der Waals surface area contributed by atoms with Gasteiger partial charge < -0.3 is 4.90 Å². The van der Waals surface area contributed by atoms with Crippen LogP contribution >= 0.6 is 27.7 Å². The minimum absolute atomic E-state index is 0.0632. The number of hydrogen-bond acceptors (Lipinski definition) is 5. The number of thioether (sulfide) groups is 1. The van der Waals surface area contributed by atoms with Crippen LogP contribution < -0.4 is 4.90 Å². The number of nitro groups is 1. The molecule has 0 aromatic heterocycles. The first-order chi connectivity index (χ1) is 10.3. The molecule has 1 aromatic carbocycles. The van der Waals surface area contributed by atoms with E-state index in [1.807, 2.05) is 0 Å². The van der Waals surface area contributed by atoms with Gasteiger partial charge in [0.2, 0.25) is 5.91 Å². The highest BCUT2D eigenvalue weighted by Crippen LogP contribution is 2.38. The van der Waals surface area contributed by atoms with E-state index in [9.17, 15) is 24.1 Å². The van der Waals surface area contributed by atoms with Gasteiger partial charge in [0, 0.05) is 36.2 Å². The number of anilines is 1. The quantitative estimate of drug-likeness (QED) is 0.582. The van der Waals surface area contributed by atoms with E-state index in [0.29, 0.717) is 5.75 Å². The highest BCUT2D eigenvalue weighted by Gasteiger charge is 2.36. The van der Waals surface area contributed by atoms with Crippen LogP contribution in [-0.2, 0) is 9.59 Å². The monoisotopic (exact) mass is 390 g/mol. The van der Waals surface area contributed by atoms with E-state index in [4.69, 9.17) is 0 Å². The van der Waals surface area contributed by atoms with Gasteiger partial charge in [0.25, 0.3) is 5.69 Å². The minimum atomic E-state index is -0.825. The molecule has 6 nitrogen and oxygen atoms in total. The highest BCUT2D eigenvalue weighted by molar-refractivity contribution is 9.10. The average Bonchev–Trinajstić information content (AvgIpc) is 2.76. The third-order valence-electron chi connectivity index (χ3n) is 3.20. The second-order valence-corrected chi connectivity index (χ2v) is 7.00. The van der Waals surface area contributed by atoms with Crippen molar-refractivity contribution in [2.45, 2.75) is 13.3 Å². The van der Waals surface area contributed by atoms with E-state index >= 15 is 0 Å². The number of hydrogen-bond donors (Lipinski definition) is 0. The zero-order chi connectivity index (χ0) is 16.4. The van der Waals surface area contributed by atoms with Gasteiger partial charge in [-0.15, -0.1) is 0 Å². The summed E-state index contributed by atoms with van der Waals surface area (Å²) in [4.78, 5) is 34.6. The van der Waals surface area contributed by atoms with Gasteiger partial charge in [-0.25, -0.2) is 4.39 Å². The molecule has 0 radical (unpaired) electrons. The van der Waals surface area contributed by atoms with Crippen molar-refractivity contribution >= 4 is 50.1 Å². The smallest absolute Gasteiger partial charge is 0.297 e. The zero-order valence-corrected chi connectivity index (χ0v) is 13.9. The number of benzene rings is 1. The number of nitro benzene ring substituents is 1. The molecule has 1 aliphatic rings. The fraction of sp³-hybridized carbons (Fsp3) is 0.385. The summed E-state index contributed by atoms with van der Waals surface area (Å²) in [5, 5.41) is 11.1. The van der Waals surface area contributed by atoms with Crippen molar-refractivity contribution in [2.24, 2.45) is 5.92 Å². The molecule has 1 aliphatic heterocycles. The Morgan fingerprint density at radius 2 is 2.27 bits per heavy atom. The molecule has 1 aromatic rings. The van der Waals surface area contributed by atoms with Gasteiger partial charge in [-0.2, -0.15) is 0 Å². The fourth-order valence-electron chi connectivity index (χ4n) is 2.30. The van der Waals surface area contributed by atoms with Gasteiger partial charge in [-0.05, 0) is 12.0 Å². The van der Waals surface area contributed by atoms with E-state index in [1.165, 1.54) is 13.0 Å². The first-order valence-electron chi connectivity index (χ1n) is 6.36. The van der Waals surface area contributed by atoms with Gasteiger partial charge in [0.15, 0.2) is 16.6 Å². The summed E-state index contributed by atoms with van der Waals surface area (Å²) in [5.74, 6) is -0.902. The number of carbonyl (C=O) groups is 2. The van der Waals surface area contributed by atoms with Crippen molar-refractivity contribution < 1.29 is 18.9 Å². The Morgan fingerprint density at radius 1 is 1.59 bits per heavy atom. The average molecular weight is 391 g/mol. The number of rotatable bonds is 4. The Hall–Kier alpha value is -1.48. The molecule has 0 saturated carbocycles. The van der Waals surface area contributed by atoms with Crippen LogP contribution in [0.25, 0.3) is 0 Å². The lowest BCUT2D eigenvalue weighted by atomic mass is 10.1. The van der Waals surface area contributed by atoms with Crippen LogP contribution in [0.4, 0.5) is 15.8 Å². The van der Waals surface area contributed by atoms with Crippen LogP contribution in [0.2, 0.25) is 0 Å². The lowest BCUT2D eigenvalue weighted by Crippen LogP contribution is -2.26. The zero-order valence-electron chi connectivity index (χ0n) is 11.5. The minimum Gasteiger partial charge on any atom is -0.304 e. The van der Waals surface area contributed by atoms with Crippen molar-refractivity contribution in [3.05, 3.63) is 32.5 Å². The highest BCUT2D eigenvalue weighted by atomic mass is 79.9. The predicted molar refractivity (Wildman–Crippen MR) is 84.4 cm³/mol. The van der Waals surface area contributed by atoms with Crippen LogP contribution in [0.3, 0.4) is 0 Å². The summed E-state index contributed by atoms with van der Waals surface area (Å²) < 4.78 is 14.4. The molecule has 0 aliphatic carbocycles. The second-order valence-electron chi connectivity index (χ2n) is 4.89. The topological polar surface area (TPSA) is 80.5 Å². The maximum Gasteiger partial charge on any atom is 0.297 e. The molecule has 118 valence electrons. The molecule has 22 heavy (non-hydrogen) atoms. The lowest BCUT2D eigenvalue weighted by molar-refractivity contribution is -0.384. The van der Waals surface area contributed by atoms with E-state index in [1.54, 1.807) is 0 Å². The molecule has 2 rings (SSSR count). The molecular formula is C13H12BrFN2O4S. The Bertz CT molecular complexity index is 655. The maximum atomic E-state index is 14.1. The third kappa shape index (κ3) is 3.64. The molecule has 0 bridgehead atoms. The largest absolute Gasteiger partial charge is 0.304 e. The summed E-state index contributed by atoms with van der Waals surface area (Å²) in [5.41, 5.74) is -0.770. The van der Waals surface area contributed by atoms with Crippen LogP contribution in [0.15, 0.2) is 16.6 Å². The van der Waals surface area contributed by atoms with Crippen molar-refractivity contribution in [1.82, 2.24) is 0 Å². The summed E-state index contributed by atoms with van der Waals surface area (Å²) >= 11 is 4.10. The Labute approximate surface area is 138 Å². The predicted octanol–water partition coefficient (Wildman–Crippen LogP) is 3.13. The van der Waals surface area contributed by atoms with Crippen LogP contribution in [0, 0.1) is 21.8 Å². The van der Waals surface area contributed by atoms with Crippen LogP contribution in [0.5, 0.6) is 0 Å². The van der Waals surface area contributed by atoms with E-state index in [0.717, 1.165) is 22.7 Å². The number of nitrogens with zero attached hydrogens (tertiary/aromatic N) is 2. The van der Waals surface area contributed by atoms with E-state index in [2.05, 4.69) is 15.9 Å². The van der Waals surface area contributed by atoms with Crippen molar-refractivity contribution in [3.63, 3.8) is 0 Å². The van der Waals surface area contributed by atoms with E-state index in [-0.39, 0.29) is 40.1 Å². The second kappa shape index (κ2) is 6.74. The summed E-state index contributed by atoms with van der Waals surface area (Å²) in [6, 6.07) is 2.26. The lowest BCUT2D eigenvalue weighted by Gasteiger charge is -2.17. The molecule has 0 N–H and O–H groups in total. The maximum absolute atomic E-state index is 14.1. The van der Waals surface area contributed by atoms with Crippen molar-refractivity contribution in [1.29, 1.82) is 0 Å². The third-order valence-corrected chi connectivity index (χ3v) is 4.70. The molecule has 1 unspecified atom stereocenters. The fourth-order valence-corrected chi connectivity index (χ4v) is 3.41. The molecule has 0 spiro atoms. The number of amides is 1. The van der Waals surface area contributed by atoms with Gasteiger partial charge in [0.1, 0.15) is 0 Å². The standard InChI is InChI=1S/C13H12BrFN2O4S/c1-7(18)22-6-8-2-12(19)16(5-8)13-10(15)3-9(14)4-11(13)17(20)21/h3-4,8H,2,5-6H2,1H3. The SMILES string of the molecule is CC(=O)SCC1CC(=O)N(c2c(F)cc(Br)cc2[N+](=O)[O-])C1. The molecule has 9 heteroatoms. The molecular weight excluding hydrogens is 379 g/mol. The normalized spacial score (nSPS) is 17.9. The summed E-state index contributed by atoms with van der Waals surface area (Å²) in [6.45, 7) is 1.59. The number of halogens is 2. The van der Waals surface area contributed by atoms with Crippen molar-refractivity contribution in [3.8, 4) is 0 Å². The molecule has 1 fully saturated rings. The Kier molecular flexibility index (Phi) is 5.17. The molecule has 1 heterocycles. The molecule has 1 atom stereocenters. The molecule has 1 saturated heterocycles. The van der Waals surface area contributed by atoms with Gasteiger partial charge in [-0.3, -0.25) is 19.7 Å². The van der Waals surface area contributed by atoms with Crippen LogP contribution in [-0.4, -0.2) is 28.2 Å². The van der Waals surface area contributed by atoms with Crippen molar-refractivity contribution in [2.75, 3.05) is 17.2 Å². The summed E-state index contributed by atoms with van der Waals surface area (Å²) in [7, 11) is 0.